The van der Waals surface area contributed by atoms with Crippen molar-refractivity contribution in [1.29, 1.82) is 0 Å². The number of alkyl halides is 7. The number of hydrogen-bond acceptors (Lipinski definition) is 2. The molecule has 2 rings (SSSR count). The Morgan fingerprint density at radius 2 is 1.32 bits per heavy atom. The summed E-state index contributed by atoms with van der Waals surface area (Å²) in [5.74, 6) is -6.82. The van der Waals surface area contributed by atoms with Crippen molar-refractivity contribution in [2.45, 2.75) is 22.2 Å². The normalized spacial score (nSPS) is 13.6. The van der Waals surface area contributed by atoms with Crippen molar-refractivity contribution in [1.82, 2.24) is 0 Å². The molecule has 0 fully saturated rings. The predicted molar refractivity (Wildman–Crippen MR) is 98.1 cm³/mol. The van der Waals surface area contributed by atoms with Crippen molar-refractivity contribution >= 4 is 57.6 Å². The molecule has 0 aliphatic heterocycles. The van der Waals surface area contributed by atoms with Gasteiger partial charge in [0.2, 0.25) is 0 Å². The fraction of sp³-hybridized carbons (Fsp3) is 0.200. The topological polar surface area (TPSA) is 34.1 Å². The van der Waals surface area contributed by atoms with Crippen LogP contribution < -0.4 is 0 Å². The average Bonchev–Trinajstić information content (AvgIpc) is 2.53. The summed E-state index contributed by atoms with van der Waals surface area (Å²) in [6.45, 7) is 0. The lowest BCUT2D eigenvalue weighted by atomic mass is 10.1. The summed E-state index contributed by atoms with van der Waals surface area (Å²) in [7, 11) is -6.50. The molecule has 0 amide bonds. The van der Waals surface area contributed by atoms with Crippen LogP contribution in [0, 0.1) is 0 Å². The van der Waals surface area contributed by atoms with Crippen LogP contribution >= 0.6 is 47.8 Å². The number of benzene rings is 2. The SMILES string of the molecule is O=S(=O)(c1cc(Br)cc(Br)c1-c1ccccc1Br)C(F)(F)C(F)(F)C(F)(F)F. The average molecular weight is 623 g/mol. The Hall–Kier alpha value is -0.660. The van der Waals surface area contributed by atoms with E-state index in [1.165, 1.54) is 30.3 Å². The van der Waals surface area contributed by atoms with E-state index < -0.39 is 37.6 Å². The van der Waals surface area contributed by atoms with E-state index in [2.05, 4.69) is 47.8 Å². The smallest absolute Gasteiger partial charge is 0.217 e. The zero-order chi connectivity index (χ0) is 21.7. The minimum atomic E-state index is -6.82. The molecule has 2 aromatic rings. The highest BCUT2D eigenvalue weighted by atomic mass is 79.9. The Balaban J connectivity index is 2.90. The molecule has 0 atom stereocenters. The lowest BCUT2D eigenvalue weighted by molar-refractivity contribution is -0.332. The quantitative estimate of drug-likeness (QED) is 0.338. The fourth-order valence-electron chi connectivity index (χ4n) is 2.16. The van der Waals surface area contributed by atoms with E-state index >= 15 is 0 Å². The molecule has 0 unspecified atom stereocenters. The highest BCUT2D eigenvalue weighted by Crippen LogP contribution is 2.53. The zero-order valence-corrected chi connectivity index (χ0v) is 18.5. The van der Waals surface area contributed by atoms with Crippen molar-refractivity contribution in [2.24, 2.45) is 0 Å². The van der Waals surface area contributed by atoms with E-state index in [1.807, 2.05) is 0 Å². The van der Waals surface area contributed by atoms with Crippen molar-refractivity contribution in [3.8, 4) is 11.1 Å². The molecule has 0 saturated heterocycles. The first-order valence-corrected chi connectivity index (χ1v) is 10.7. The molecule has 0 aliphatic carbocycles. The molecule has 0 bridgehead atoms. The predicted octanol–water partition coefficient (Wildman–Crippen LogP) is 7.21. The van der Waals surface area contributed by atoms with Crippen LogP contribution in [0.5, 0.6) is 0 Å². The van der Waals surface area contributed by atoms with E-state index in [4.69, 9.17) is 0 Å². The van der Waals surface area contributed by atoms with Gasteiger partial charge in [-0.2, -0.15) is 30.7 Å². The molecule has 154 valence electrons. The van der Waals surface area contributed by atoms with Gasteiger partial charge in [0.15, 0.2) is 0 Å². The second kappa shape index (κ2) is 7.55. The largest absolute Gasteiger partial charge is 0.461 e. The molecule has 0 spiro atoms. The molecule has 2 nitrogen and oxygen atoms in total. The summed E-state index contributed by atoms with van der Waals surface area (Å²) in [6, 6.07) is 7.34. The Kier molecular flexibility index (Phi) is 6.37. The van der Waals surface area contributed by atoms with Crippen molar-refractivity contribution < 1.29 is 39.2 Å². The van der Waals surface area contributed by atoms with Gasteiger partial charge in [-0.15, -0.1) is 0 Å². The van der Waals surface area contributed by atoms with Gasteiger partial charge in [0.05, 0.1) is 4.90 Å². The highest BCUT2D eigenvalue weighted by Gasteiger charge is 2.78. The number of hydrogen-bond donors (Lipinski definition) is 0. The van der Waals surface area contributed by atoms with Gasteiger partial charge in [-0.05, 0) is 23.8 Å². The van der Waals surface area contributed by atoms with Gasteiger partial charge in [0.25, 0.3) is 9.84 Å². The summed E-state index contributed by atoms with van der Waals surface area (Å²) in [5, 5.41) is -6.46. The molecule has 0 aliphatic rings. The first-order chi connectivity index (χ1) is 12.6. The molecular formula is C15H6Br3F7O2S. The Morgan fingerprint density at radius 1 is 0.786 bits per heavy atom. The van der Waals surface area contributed by atoms with Crippen molar-refractivity contribution in [2.75, 3.05) is 0 Å². The van der Waals surface area contributed by atoms with E-state index in [-0.39, 0.29) is 19.0 Å². The van der Waals surface area contributed by atoms with Gasteiger partial charge < -0.3 is 0 Å². The van der Waals surface area contributed by atoms with Gasteiger partial charge in [0.1, 0.15) is 0 Å². The van der Waals surface area contributed by atoms with Gasteiger partial charge in [-0.3, -0.25) is 0 Å². The van der Waals surface area contributed by atoms with E-state index in [0.717, 1.165) is 0 Å². The van der Waals surface area contributed by atoms with Crippen LogP contribution in [0.1, 0.15) is 0 Å². The third-order valence-corrected chi connectivity index (χ3v) is 7.12. The summed E-state index contributed by atoms with van der Waals surface area (Å²) in [5.41, 5.74) is -0.528. The minimum Gasteiger partial charge on any atom is -0.217 e. The molecule has 0 heterocycles. The maximum Gasteiger partial charge on any atom is 0.461 e. The molecule has 0 saturated carbocycles. The summed E-state index contributed by atoms with van der Waals surface area (Å²) in [4.78, 5) is -1.41. The lowest BCUT2D eigenvalue weighted by Gasteiger charge is -2.28. The number of rotatable bonds is 4. The van der Waals surface area contributed by atoms with Crippen LogP contribution in [-0.4, -0.2) is 25.8 Å². The Labute approximate surface area is 179 Å². The maximum atomic E-state index is 14.1. The Morgan fingerprint density at radius 3 is 1.82 bits per heavy atom. The van der Waals surface area contributed by atoms with Crippen LogP contribution in [0.2, 0.25) is 0 Å². The van der Waals surface area contributed by atoms with Gasteiger partial charge in [-0.25, -0.2) is 8.42 Å². The van der Waals surface area contributed by atoms with Crippen LogP contribution in [0.3, 0.4) is 0 Å². The lowest BCUT2D eigenvalue weighted by Crippen LogP contribution is -2.56. The molecule has 13 heteroatoms. The summed E-state index contributed by atoms with van der Waals surface area (Å²) >= 11 is 8.84. The van der Waals surface area contributed by atoms with Crippen LogP contribution in [-0.2, 0) is 9.84 Å². The second-order valence-electron chi connectivity index (χ2n) is 5.33. The molecule has 2 aromatic carbocycles. The molecule has 0 radical (unpaired) electrons. The van der Waals surface area contributed by atoms with Gasteiger partial charge in [-0.1, -0.05) is 66.0 Å². The van der Waals surface area contributed by atoms with Gasteiger partial charge in [0, 0.05) is 19.0 Å². The first-order valence-electron chi connectivity index (χ1n) is 6.86. The molecule has 0 aromatic heterocycles. The molecule has 28 heavy (non-hydrogen) atoms. The Bertz CT molecular complexity index is 1020. The minimum absolute atomic E-state index is 0.0217. The summed E-state index contributed by atoms with van der Waals surface area (Å²) in [6.07, 6.45) is -6.79. The van der Waals surface area contributed by atoms with Gasteiger partial charge >= 0.3 is 17.4 Å². The van der Waals surface area contributed by atoms with Crippen LogP contribution in [0.4, 0.5) is 30.7 Å². The number of halogens is 10. The number of sulfone groups is 1. The maximum absolute atomic E-state index is 14.1. The van der Waals surface area contributed by atoms with Crippen LogP contribution in [0.25, 0.3) is 11.1 Å². The standard InChI is InChI=1S/C15H6Br3F7O2S/c16-7-5-10(18)12(8-3-1-2-4-9(8)17)11(6-7)28(26,27)15(24,25)13(19,20)14(21,22)23/h1-6H. The third-order valence-electron chi connectivity index (χ3n) is 3.51. The fourth-order valence-corrected chi connectivity index (χ4v) is 5.86. The van der Waals surface area contributed by atoms with E-state index in [1.54, 1.807) is 0 Å². The first kappa shape index (κ1) is 23.6. The third kappa shape index (κ3) is 3.74. The van der Waals surface area contributed by atoms with E-state index in [9.17, 15) is 39.2 Å². The molecule has 0 N–H and O–H groups in total. The van der Waals surface area contributed by atoms with E-state index in [0.29, 0.717) is 6.07 Å². The monoisotopic (exact) mass is 620 g/mol. The van der Waals surface area contributed by atoms with Crippen molar-refractivity contribution in [3.05, 3.63) is 49.8 Å². The zero-order valence-electron chi connectivity index (χ0n) is 13.0. The van der Waals surface area contributed by atoms with Crippen molar-refractivity contribution in [3.63, 3.8) is 0 Å². The van der Waals surface area contributed by atoms with Crippen LogP contribution in [0.15, 0.2) is 54.7 Å². The summed E-state index contributed by atoms with van der Waals surface area (Å²) < 4.78 is 117. The molecular weight excluding hydrogens is 617 g/mol. The highest BCUT2D eigenvalue weighted by molar-refractivity contribution is 9.11. The second-order valence-corrected chi connectivity index (χ2v) is 9.92.